The zero-order valence-corrected chi connectivity index (χ0v) is 17.2. The molecule has 1 atom stereocenters. The predicted octanol–water partition coefficient (Wildman–Crippen LogP) is 1.72. The summed E-state index contributed by atoms with van der Waals surface area (Å²) in [4.78, 5) is 33.2. The van der Waals surface area contributed by atoms with E-state index in [-0.39, 0.29) is 17.8 Å². The smallest absolute Gasteiger partial charge is 0.332 e. The average Bonchev–Trinajstić information content (AvgIpc) is 3.08. The van der Waals surface area contributed by atoms with Gasteiger partial charge in [0.2, 0.25) is 5.95 Å². The molecule has 0 saturated heterocycles. The van der Waals surface area contributed by atoms with Crippen molar-refractivity contribution in [3.8, 4) is 0 Å². The second kappa shape index (κ2) is 7.73. The minimum absolute atomic E-state index is 0.255. The molecule has 0 unspecified atom stereocenters. The first kappa shape index (κ1) is 19.2. The maximum atomic E-state index is 13.2. The van der Waals surface area contributed by atoms with E-state index in [1.807, 2.05) is 6.92 Å². The molecule has 2 aromatic heterocycles. The van der Waals surface area contributed by atoms with Crippen molar-refractivity contribution in [3.05, 3.63) is 20.8 Å². The highest BCUT2D eigenvalue weighted by Crippen LogP contribution is 2.32. The van der Waals surface area contributed by atoms with E-state index < -0.39 is 0 Å². The van der Waals surface area contributed by atoms with Crippen LogP contribution >= 0.6 is 0 Å². The standard InChI is InChI=1S/C20H31N5O3/c1-4-28-11-10-23-18(26)16-17(22(3)20(23)27)21-19-24(12-14(2)13-25(16)19)15-8-6-5-7-9-15/h14-15H,4-13H2,1-3H3/t14-/m0/s1. The van der Waals surface area contributed by atoms with Gasteiger partial charge in [0.25, 0.3) is 5.56 Å². The molecule has 8 nitrogen and oxygen atoms in total. The monoisotopic (exact) mass is 389 g/mol. The summed E-state index contributed by atoms with van der Waals surface area (Å²) in [5, 5.41) is 0. The van der Waals surface area contributed by atoms with Gasteiger partial charge in [-0.05, 0) is 25.7 Å². The highest BCUT2D eigenvalue weighted by Gasteiger charge is 2.33. The van der Waals surface area contributed by atoms with E-state index in [1.54, 1.807) is 7.05 Å². The molecule has 0 spiro atoms. The van der Waals surface area contributed by atoms with Crippen LogP contribution in [0.1, 0.15) is 46.0 Å². The van der Waals surface area contributed by atoms with Gasteiger partial charge in [-0.15, -0.1) is 0 Å². The summed E-state index contributed by atoms with van der Waals surface area (Å²) in [6, 6.07) is 0.476. The first-order valence-corrected chi connectivity index (χ1v) is 10.6. The Morgan fingerprint density at radius 3 is 2.61 bits per heavy atom. The summed E-state index contributed by atoms with van der Waals surface area (Å²) in [5.41, 5.74) is 0.452. The van der Waals surface area contributed by atoms with Gasteiger partial charge >= 0.3 is 5.69 Å². The molecule has 0 radical (unpaired) electrons. The highest BCUT2D eigenvalue weighted by atomic mass is 16.5. The fourth-order valence-electron chi connectivity index (χ4n) is 4.74. The van der Waals surface area contributed by atoms with E-state index in [2.05, 4.69) is 16.4 Å². The molecule has 0 aromatic carbocycles. The molecular weight excluding hydrogens is 358 g/mol. The summed E-state index contributed by atoms with van der Waals surface area (Å²) in [7, 11) is 1.70. The Balaban J connectivity index is 1.85. The number of fused-ring (bicyclic) bond motifs is 3. The molecule has 2 aliphatic rings. The Morgan fingerprint density at radius 1 is 1.14 bits per heavy atom. The van der Waals surface area contributed by atoms with Gasteiger partial charge in [-0.2, -0.15) is 4.98 Å². The van der Waals surface area contributed by atoms with E-state index in [9.17, 15) is 9.59 Å². The average molecular weight is 390 g/mol. The van der Waals surface area contributed by atoms with Crippen LogP contribution in [0.2, 0.25) is 0 Å². The van der Waals surface area contributed by atoms with Crippen molar-refractivity contribution in [2.75, 3.05) is 24.7 Å². The number of rotatable bonds is 5. The normalized spacial score (nSPS) is 20.7. The lowest BCUT2D eigenvalue weighted by Crippen LogP contribution is -2.45. The molecule has 2 aromatic rings. The molecule has 0 N–H and O–H groups in total. The second-order valence-corrected chi connectivity index (χ2v) is 8.24. The van der Waals surface area contributed by atoms with Crippen molar-refractivity contribution in [2.45, 2.75) is 65.1 Å². The lowest BCUT2D eigenvalue weighted by atomic mass is 9.93. The fraction of sp³-hybridized carbons (Fsp3) is 0.750. The molecule has 1 aliphatic heterocycles. The third-order valence-electron chi connectivity index (χ3n) is 6.15. The molecule has 28 heavy (non-hydrogen) atoms. The van der Waals surface area contributed by atoms with Crippen molar-refractivity contribution < 1.29 is 4.74 Å². The Bertz CT molecular complexity index is 967. The quantitative estimate of drug-likeness (QED) is 0.728. The summed E-state index contributed by atoms with van der Waals surface area (Å²) < 4.78 is 10.2. The third-order valence-corrected chi connectivity index (χ3v) is 6.15. The second-order valence-electron chi connectivity index (χ2n) is 8.24. The van der Waals surface area contributed by atoms with E-state index in [1.165, 1.54) is 41.2 Å². The molecule has 8 heteroatoms. The third kappa shape index (κ3) is 3.17. The Morgan fingerprint density at radius 2 is 1.89 bits per heavy atom. The Kier molecular flexibility index (Phi) is 5.31. The van der Waals surface area contributed by atoms with Gasteiger partial charge in [-0.1, -0.05) is 26.2 Å². The molecule has 0 amide bonds. The number of hydrogen-bond donors (Lipinski definition) is 0. The van der Waals surface area contributed by atoms with Crippen LogP contribution in [0.3, 0.4) is 0 Å². The van der Waals surface area contributed by atoms with Crippen LogP contribution in [0.15, 0.2) is 9.59 Å². The van der Waals surface area contributed by atoms with Crippen molar-refractivity contribution in [1.29, 1.82) is 0 Å². The van der Waals surface area contributed by atoms with Gasteiger partial charge in [0.1, 0.15) is 0 Å². The van der Waals surface area contributed by atoms with Gasteiger partial charge < -0.3 is 14.2 Å². The minimum Gasteiger partial charge on any atom is -0.380 e. The van der Waals surface area contributed by atoms with Crippen LogP contribution in [-0.2, 0) is 24.9 Å². The van der Waals surface area contributed by atoms with Crippen LogP contribution in [0.25, 0.3) is 11.2 Å². The first-order valence-electron chi connectivity index (χ1n) is 10.6. The number of aryl methyl sites for hydroxylation is 1. The van der Waals surface area contributed by atoms with Gasteiger partial charge in [-0.25, -0.2) is 4.79 Å². The van der Waals surface area contributed by atoms with Crippen LogP contribution in [0.5, 0.6) is 0 Å². The van der Waals surface area contributed by atoms with Crippen molar-refractivity contribution >= 4 is 17.1 Å². The number of ether oxygens (including phenoxy) is 1. The predicted molar refractivity (Wildman–Crippen MR) is 109 cm³/mol. The van der Waals surface area contributed by atoms with Crippen molar-refractivity contribution in [1.82, 2.24) is 18.7 Å². The number of nitrogens with zero attached hydrogens (tertiary/aromatic N) is 5. The zero-order valence-electron chi connectivity index (χ0n) is 17.2. The fourth-order valence-corrected chi connectivity index (χ4v) is 4.74. The van der Waals surface area contributed by atoms with Crippen molar-refractivity contribution in [2.24, 2.45) is 13.0 Å². The summed E-state index contributed by atoms with van der Waals surface area (Å²) in [6.07, 6.45) is 6.15. The summed E-state index contributed by atoms with van der Waals surface area (Å²) in [6.45, 7) is 7.01. The van der Waals surface area contributed by atoms with Gasteiger partial charge in [0, 0.05) is 32.8 Å². The van der Waals surface area contributed by atoms with Crippen LogP contribution in [0.4, 0.5) is 5.95 Å². The zero-order chi connectivity index (χ0) is 19.8. The van der Waals surface area contributed by atoms with Crippen LogP contribution < -0.4 is 16.1 Å². The number of hydrogen-bond acceptors (Lipinski definition) is 5. The first-order chi connectivity index (χ1) is 13.5. The van der Waals surface area contributed by atoms with E-state index in [0.29, 0.717) is 36.3 Å². The van der Waals surface area contributed by atoms with Crippen LogP contribution in [-0.4, -0.2) is 44.5 Å². The van der Waals surface area contributed by atoms with E-state index >= 15 is 0 Å². The molecule has 4 rings (SSSR count). The molecule has 154 valence electrons. The highest BCUT2D eigenvalue weighted by molar-refractivity contribution is 5.75. The minimum atomic E-state index is -0.329. The number of aromatic nitrogens is 4. The number of anilines is 1. The molecule has 1 saturated carbocycles. The summed E-state index contributed by atoms with van der Waals surface area (Å²) >= 11 is 0. The maximum absolute atomic E-state index is 13.2. The van der Waals surface area contributed by atoms with E-state index in [0.717, 1.165) is 19.0 Å². The topological polar surface area (TPSA) is 74.3 Å². The molecule has 1 fully saturated rings. The molecule has 3 heterocycles. The van der Waals surface area contributed by atoms with Gasteiger partial charge in [0.15, 0.2) is 11.2 Å². The van der Waals surface area contributed by atoms with E-state index in [4.69, 9.17) is 9.72 Å². The molecular formula is C20H31N5O3. The SMILES string of the molecule is CCOCCn1c(=O)c2c(nc3n2C[C@@H](C)CN3C2CCCCC2)n(C)c1=O. The molecule has 1 aliphatic carbocycles. The number of imidazole rings is 1. The lowest BCUT2D eigenvalue weighted by molar-refractivity contribution is 0.137. The Hall–Kier alpha value is -2.09. The summed E-state index contributed by atoms with van der Waals surface area (Å²) in [5.74, 6) is 1.29. The molecule has 0 bridgehead atoms. The lowest BCUT2D eigenvalue weighted by Gasteiger charge is -2.40. The Labute approximate surface area is 164 Å². The van der Waals surface area contributed by atoms with Gasteiger partial charge in [0.05, 0.1) is 13.2 Å². The van der Waals surface area contributed by atoms with Crippen molar-refractivity contribution in [3.63, 3.8) is 0 Å². The maximum Gasteiger partial charge on any atom is 0.332 e. The van der Waals surface area contributed by atoms with Crippen LogP contribution in [0, 0.1) is 5.92 Å². The largest absolute Gasteiger partial charge is 0.380 e. The van der Waals surface area contributed by atoms with Gasteiger partial charge in [-0.3, -0.25) is 13.9 Å².